The van der Waals surface area contributed by atoms with Crippen LogP contribution in [0.15, 0.2) is 24.3 Å². The van der Waals surface area contributed by atoms with Crippen molar-refractivity contribution in [1.29, 1.82) is 0 Å². The van der Waals surface area contributed by atoms with Gasteiger partial charge in [0.15, 0.2) is 0 Å². The first-order chi connectivity index (χ1) is 34.5. The summed E-state index contributed by atoms with van der Waals surface area (Å²) >= 11 is 0. The van der Waals surface area contributed by atoms with Gasteiger partial charge in [0.2, 0.25) is 5.91 Å². The first-order valence-electron chi connectivity index (χ1n) is 31.2. The maximum atomic E-state index is 12.9. The summed E-state index contributed by atoms with van der Waals surface area (Å²) in [5.41, 5.74) is 0. The van der Waals surface area contributed by atoms with E-state index in [9.17, 15) is 19.4 Å². The average Bonchev–Trinajstić information content (AvgIpc) is 3.33. The van der Waals surface area contributed by atoms with Crippen molar-refractivity contribution in [1.82, 2.24) is 5.32 Å². The molecule has 71 heavy (non-hydrogen) atoms. The van der Waals surface area contributed by atoms with Crippen molar-refractivity contribution >= 4 is 13.7 Å². The Bertz CT molecular complexity index is 1210. The fraction of sp³-hybridized carbons (Fsp3) is 0.919. The third-order valence-corrected chi connectivity index (χ3v) is 15.4. The molecule has 0 saturated heterocycles. The molecular formula is C62H124N2O6P+. The van der Waals surface area contributed by atoms with Gasteiger partial charge in [-0.15, -0.1) is 0 Å². The molecule has 3 unspecified atom stereocenters. The predicted octanol–water partition coefficient (Wildman–Crippen LogP) is 19.2. The zero-order valence-electron chi connectivity index (χ0n) is 48.2. The van der Waals surface area contributed by atoms with E-state index in [1.165, 1.54) is 257 Å². The third kappa shape index (κ3) is 56.5. The molecule has 0 saturated carbocycles. The summed E-state index contributed by atoms with van der Waals surface area (Å²) in [6, 6.07) is -0.840. The number of quaternary nitrogens is 1. The number of carbonyl (C=O) groups is 1. The lowest BCUT2D eigenvalue weighted by molar-refractivity contribution is -0.870. The molecule has 1 amide bonds. The van der Waals surface area contributed by atoms with Gasteiger partial charge in [-0.25, -0.2) is 4.57 Å². The van der Waals surface area contributed by atoms with Crippen molar-refractivity contribution in [3.8, 4) is 0 Å². The first kappa shape index (κ1) is 70.0. The molecule has 0 bridgehead atoms. The Hall–Kier alpha value is -1.02. The van der Waals surface area contributed by atoms with Crippen LogP contribution in [0.5, 0.6) is 0 Å². The lowest BCUT2D eigenvalue weighted by Gasteiger charge is -2.25. The molecule has 3 atom stereocenters. The van der Waals surface area contributed by atoms with Gasteiger partial charge >= 0.3 is 7.82 Å². The molecule has 0 radical (unpaired) electrons. The van der Waals surface area contributed by atoms with Gasteiger partial charge in [-0.3, -0.25) is 13.8 Å². The Labute approximate surface area is 443 Å². The highest BCUT2D eigenvalue weighted by atomic mass is 31.2. The Kier molecular flexibility index (Phi) is 53.0. The van der Waals surface area contributed by atoms with Crippen molar-refractivity contribution in [3.63, 3.8) is 0 Å². The van der Waals surface area contributed by atoms with Gasteiger partial charge in [0.25, 0.3) is 0 Å². The summed E-state index contributed by atoms with van der Waals surface area (Å²) in [5.74, 6) is -0.175. The average molecular weight is 1020 g/mol. The highest BCUT2D eigenvalue weighted by Gasteiger charge is 2.27. The van der Waals surface area contributed by atoms with E-state index in [1.807, 2.05) is 27.2 Å². The maximum absolute atomic E-state index is 12.9. The van der Waals surface area contributed by atoms with Gasteiger partial charge in [-0.05, 0) is 44.9 Å². The van der Waals surface area contributed by atoms with Gasteiger partial charge in [0.1, 0.15) is 13.2 Å². The molecule has 3 N–H and O–H groups in total. The summed E-state index contributed by atoms with van der Waals surface area (Å²) in [6.07, 6.45) is 69.3. The number of aliphatic hydroxyl groups is 1. The zero-order chi connectivity index (χ0) is 52.0. The van der Waals surface area contributed by atoms with Crippen LogP contribution in [0.25, 0.3) is 0 Å². The molecule has 0 aliphatic rings. The lowest BCUT2D eigenvalue weighted by atomic mass is 10.0. The lowest BCUT2D eigenvalue weighted by Crippen LogP contribution is -2.45. The topological polar surface area (TPSA) is 105 Å². The number of rotatable bonds is 58. The smallest absolute Gasteiger partial charge is 0.387 e. The SMILES string of the molecule is CCCCCCCC/C=C/C(O)C(COP(=O)(O)OCC[N+](C)(C)C)NC(=O)CCCCCCCCCCCCCCCCCCCCCCCCCCCCCCC/C=C\CCCCCCCCCC. The van der Waals surface area contributed by atoms with E-state index >= 15 is 0 Å². The van der Waals surface area contributed by atoms with E-state index in [-0.39, 0.29) is 19.1 Å². The monoisotopic (exact) mass is 1020 g/mol. The van der Waals surface area contributed by atoms with Crippen molar-refractivity contribution in [2.75, 3.05) is 40.9 Å². The number of nitrogens with one attached hydrogen (secondary N) is 1. The van der Waals surface area contributed by atoms with E-state index in [2.05, 4.69) is 31.3 Å². The van der Waals surface area contributed by atoms with E-state index in [0.717, 1.165) is 38.5 Å². The van der Waals surface area contributed by atoms with Crippen LogP contribution in [0, 0.1) is 0 Å². The molecule has 8 nitrogen and oxygen atoms in total. The van der Waals surface area contributed by atoms with Crippen LogP contribution >= 0.6 is 7.82 Å². The van der Waals surface area contributed by atoms with Gasteiger partial charge in [0.05, 0.1) is 39.9 Å². The number of aliphatic hydroxyl groups excluding tert-OH is 1. The molecule has 0 rings (SSSR count). The number of amides is 1. The van der Waals surface area contributed by atoms with Gasteiger partial charge in [-0.2, -0.15) is 0 Å². The molecule has 422 valence electrons. The highest BCUT2D eigenvalue weighted by molar-refractivity contribution is 7.47. The van der Waals surface area contributed by atoms with Crippen molar-refractivity contribution in [3.05, 3.63) is 24.3 Å². The molecule has 0 heterocycles. The Morgan fingerprint density at radius 1 is 0.465 bits per heavy atom. The Morgan fingerprint density at radius 3 is 1.08 bits per heavy atom. The van der Waals surface area contributed by atoms with Crippen molar-refractivity contribution in [2.24, 2.45) is 0 Å². The number of likely N-dealkylation sites (N-methyl/N-ethyl adjacent to an activating group) is 1. The Balaban J connectivity index is 3.70. The highest BCUT2D eigenvalue weighted by Crippen LogP contribution is 2.43. The largest absolute Gasteiger partial charge is 0.472 e. The minimum atomic E-state index is -4.33. The van der Waals surface area contributed by atoms with E-state index in [4.69, 9.17) is 9.05 Å². The first-order valence-corrected chi connectivity index (χ1v) is 32.7. The number of nitrogens with zero attached hydrogens (tertiary/aromatic N) is 1. The number of allylic oxidation sites excluding steroid dienone is 3. The van der Waals surface area contributed by atoms with Gasteiger partial charge < -0.3 is 19.8 Å². The number of phosphoric acid groups is 1. The van der Waals surface area contributed by atoms with Gasteiger partial charge in [0, 0.05) is 6.42 Å². The number of unbranched alkanes of at least 4 members (excludes halogenated alkanes) is 43. The number of hydrogen-bond acceptors (Lipinski definition) is 5. The minimum absolute atomic E-state index is 0.0637. The van der Waals surface area contributed by atoms with E-state index in [0.29, 0.717) is 17.4 Å². The molecule has 0 fully saturated rings. The van der Waals surface area contributed by atoms with Crippen LogP contribution in [0.1, 0.15) is 316 Å². The second-order valence-electron chi connectivity index (χ2n) is 22.8. The predicted molar refractivity (Wildman–Crippen MR) is 309 cm³/mol. The van der Waals surface area contributed by atoms with Crippen LogP contribution in [-0.4, -0.2) is 73.4 Å². The number of phosphoric ester groups is 1. The summed E-state index contributed by atoms with van der Waals surface area (Å²) in [4.78, 5) is 23.1. The normalized spacial score (nSPS) is 14.0. The second-order valence-corrected chi connectivity index (χ2v) is 24.2. The maximum Gasteiger partial charge on any atom is 0.472 e. The minimum Gasteiger partial charge on any atom is -0.387 e. The molecular weight excluding hydrogens is 900 g/mol. The molecule has 0 aromatic carbocycles. The summed E-state index contributed by atoms with van der Waals surface area (Å²) in [5, 5.41) is 13.8. The number of hydrogen-bond donors (Lipinski definition) is 3. The molecule has 0 aliphatic heterocycles. The standard InChI is InChI=1S/C62H123N2O6P/c1-6-8-10-12-14-16-17-18-19-20-21-22-23-24-25-26-27-28-29-30-31-32-33-34-35-36-37-38-39-40-41-42-43-44-45-46-47-48-50-52-54-56-62(66)63-60(59-70-71(67,68)69-58-57-64(3,4)5)61(65)55-53-51-49-15-13-11-9-7-2/h20-21,53,55,60-61,65H,6-19,22-52,54,56-59H2,1-5H3,(H-,63,66,67,68)/p+1/b21-20-,55-53+. The van der Waals surface area contributed by atoms with Crippen molar-refractivity contribution < 1.29 is 32.9 Å². The Morgan fingerprint density at radius 2 is 0.761 bits per heavy atom. The summed E-state index contributed by atoms with van der Waals surface area (Å²) in [6.45, 7) is 4.80. The van der Waals surface area contributed by atoms with Crippen molar-refractivity contribution in [2.45, 2.75) is 328 Å². The van der Waals surface area contributed by atoms with Crippen LogP contribution in [-0.2, 0) is 18.4 Å². The fourth-order valence-electron chi connectivity index (χ4n) is 9.51. The van der Waals surface area contributed by atoms with Crippen LogP contribution < -0.4 is 5.32 Å². The van der Waals surface area contributed by atoms with Gasteiger partial charge in [-0.1, -0.05) is 289 Å². The quantitative estimate of drug-likeness (QED) is 0.0243. The van der Waals surface area contributed by atoms with Crippen LogP contribution in [0.3, 0.4) is 0 Å². The van der Waals surface area contributed by atoms with E-state index < -0.39 is 20.0 Å². The fourth-order valence-corrected chi connectivity index (χ4v) is 10.2. The zero-order valence-corrected chi connectivity index (χ0v) is 49.1. The molecule has 0 aromatic rings. The number of carbonyl (C=O) groups excluding carboxylic acids is 1. The third-order valence-electron chi connectivity index (χ3n) is 14.4. The van der Waals surface area contributed by atoms with E-state index in [1.54, 1.807) is 6.08 Å². The van der Waals surface area contributed by atoms with Crippen LogP contribution in [0.2, 0.25) is 0 Å². The van der Waals surface area contributed by atoms with Crippen LogP contribution in [0.4, 0.5) is 0 Å². The molecule has 0 spiro atoms. The molecule has 0 aromatic heterocycles. The second kappa shape index (κ2) is 53.8. The molecule has 0 aliphatic carbocycles. The summed E-state index contributed by atoms with van der Waals surface area (Å²) < 4.78 is 23.6. The molecule has 9 heteroatoms. The summed E-state index contributed by atoms with van der Waals surface area (Å²) in [7, 11) is 1.58.